The van der Waals surface area contributed by atoms with Gasteiger partial charge in [0, 0.05) is 25.0 Å². The average Bonchev–Trinajstić information content (AvgIpc) is 3.36. The molecule has 6 rings (SSSR count). The fourth-order valence-electron chi connectivity index (χ4n) is 5.55. The molecule has 4 saturated heterocycles. The summed E-state index contributed by atoms with van der Waals surface area (Å²) in [6.45, 7) is 6.25. The highest BCUT2D eigenvalue weighted by molar-refractivity contribution is 5.92. The predicted octanol–water partition coefficient (Wildman–Crippen LogP) is 1.25. The van der Waals surface area contributed by atoms with E-state index < -0.39 is 0 Å². The third kappa shape index (κ3) is 2.84. The maximum Gasteiger partial charge on any atom is 0.276 e. The van der Waals surface area contributed by atoms with Crippen molar-refractivity contribution in [1.29, 1.82) is 0 Å². The van der Waals surface area contributed by atoms with E-state index >= 15 is 0 Å². The van der Waals surface area contributed by atoms with Crippen LogP contribution >= 0.6 is 0 Å². The molecular formula is C21H28N6O. The molecular weight excluding hydrogens is 352 g/mol. The van der Waals surface area contributed by atoms with Crippen molar-refractivity contribution in [2.24, 2.45) is 11.7 Å². The van der Waals surface area contributed by atoms with Crippen LogP contribution < -0.4 is 5.73 Å². The van der Waals surface area contributed by atoms with Gasteiger partial charge in [0.25, 0.3) is 5.91 Å². The summed E-state index contributed by atoms with van der Waals surface area (Å²) in [5.41, 5.74) is 8.65. The number of hydrogen-bond acceptors (Lipinski definition) is 5. The lowest BCUT2D eigenvalue weighted by molar-refractivity contribution is -0.00358. The molecule has 5 heterocycles. The highest BCUT2D eigenvalue weighted by atomic mass is 16.2. The van der Waals surface area contributed by atoms with Crippen molar-refractivity contribution in [3.8, 4) is 0 Å². The zero-order chi connectivity index (χ0) is 19.3. The molecule has 7 nitrogen and oxygen atoms in total. The van der Waals surface area contributed by atoms with E-state index in [1.807, 2.05) is 0 Å². The Balaban J connectivity index is 1.47. The molecule has 4 aliphatic heterocycles. The molecule has 0 radical (unpaired) electrons. The minimum Gasteiger partial charge on any atom is -0.332 e. The maximum absolute atomic E-state index is 13.4. The van der Waals surface area contributed by atoms with Gasteiger partial charge in [-0.05, 0) is 44.3 Å². The molecule has 1 aromatic carbocycles. The first kappa shape index (κ1) is 17.8. The van der Waals surface area contributed by atoms with Crippen molar-refractivity contribution in [2.75, 3.05) is 26.2 Å². The van der Waals surface area contributed by atoms with Crippen LogP contribution in [0.4, 0.5) is 0 Å². The number of likely N-dealkylation sites (tertiary alicyclic amines) is 1. The number of aryl methyl sites for hydroxylation is 1. The van der Waals surface area contributed by atoms with Crippen LogP contribution in [0.15, 0.2) is 30.5 Å². The predicted molar refractivity (Wildman–Crippen MR) is 106 cm³/mol. The number of aromatic nitrogens is 3. The van der Waals surface area contributed by atoms with Crippen LogP contribution in [-0.2, 0) is 6.54 Å². The van der Waals surface area contributed by atoms with Gasteiger partial charge in [0.15, 0.2) is 5.69 Å². The van der Waals surface area contributed by atoms with Crippen molar-refractivity contribution in [2.45, 2.75) is 44.3 Å². The highest BCUT2D eigenvalue weighted by Crippen LogP contribution is 2.46. The molecule has 1 aromatic heterocycles. The first-order valence-corrected chi connectivity index (χ1v) is 10.4. The van der Waals surface area contributed by atoms with E-state index in [9.17, 15) is 4.79 Å². The van der Waals surface area contributed by atoms with Gasteiger partial charge < -0.3 is 10.6 Å². The Bertz CT molecular complexity index is 854. The lowest BCUT2D eigenvalue weighted by Crippen LogP contribution is -2.60. The molecule has 0 spiro atoms. The lowest BCUT2D eigenvalue weighted by Gasteiger charge is -2.51. The molecule has 4 aliphatic rings. The number of benzene rings is 1. The monoisotopic (exact) mass is 380 g/mol. The Morgan fingerprint density at radius 3 is 2.64 bits per heavy atom. The van der Waals surface area contributed by atoms with Crippen LogP contribution in [0.25, 0.3) is 0 Å². The molecule has 2 aromatic rings. The number of fused-ring (bicyclic) bond motifs is 2. The van der Waals surface area contributed by atoms with Crippen LogP contribution in [0.1, 0.15) is 40.4 Å². The molecule has 0 aliphatic carbocycles. The Labute approximate surface area is 165 Å². The minimum atomic E-state index is 0.0154. The van der Waals surface area contributed by atoms with E-state index in [0.29, 0.717) is 36.7 Å². The summed E-state index contributed by atoms with van der Waals surface area (Å²) in [6, 6.07) is 9.55. The van der Waals surface area contributed by atoms with Gasteiger partial charge in [-0.2, -0.15) is 0 Å². The van der Waals surface area contributed by atoms with Gasteiger partial charge in [0.05, 0.1) is 18.8 Å². The third-order valence-electron chi connectivity index (χ3n) is 6.88. The van der Waals surface area contributed by atoms with Gasteiger partial charge in [-0.15, -0.1) is 5.10 Å². The molecule has 0 saturated carbocycles. The molecule has 7 heteroatoms. The number of hydrogen-bond donors (Lipinski definition) is 1. The summed E-state index contributed by atoms with van der Waals surface area (Å²) < 4.78 is 1.66. The molecule has 28 heavy (non-hydrogen) atoms. The molecule has 2 bridgehead atoms. The molecule has 4 fully saturated rings. The fourth-order valence-corrected chi connectivity index (χ4v) is 5.55. The number of nitrogens with zero attached hydrogens (tertiary/aromatic N) is 5. The SMILES string of the molecule is Cc1ccc([C@@H]2CN(C(=O)c3cn(CCN)nn3)[C@@H]3C4CCN(CC4)[C@@H]32)cc1. The Kier molecular flexibility index (Phi) is 4.44. The molecule has 148 valence electrons. The van der Waals surface area contributed by atoms with Gasteiger partial charge in [0.2, 0.25) is 0 Å². The van der Waals surface area contributed by atoms with Crippen LogP contribution in [0.2, 0.25) is 0 Å². The van der Waals surface area contributed by atoms with Gasteiger partial charge >= 0.3 is 0 Å². The zero-order valence-electron chi connectivity index (χ0n) is 16.4. The third-order valence-corrected chi connectivity index (χ3v) is 6.88. The molecule has 1 amide bonds. The zero-order valence-corrected chi connectivity index (χ0v) is 16.4. The van der Waals surface area contributed by atoms with Crippen molar-refractivity contribution < 1.29 is 4.79 Å². The number of carbonyl (C=O) groups is 1. The minimum absolute atomic E-state index is 0.0154. The maximum atomic E-state index is 13.4. The lowest BCUT2D eigenvalue weighted by atomic mass is 9.75. The van der Waals surface area contributed by atoms with Crippen molar-refractivity contribution in [3.05, 3.63) is 47.3 Å². The number of carbonyl (C=O) groups excluding carboxylic acids is 1. The van der Waals surface area contributed by atoms with Gasteiger partial charge in [-0.1, -0.05) is 35.0 Å². The standard InChI is InChI=1S/C21H28N6O/c1-14-2-4-15(5-3-14)17-12-27(19-16-6-9-25(10-7-16)20(17)19)21(28)18-13-26(11-8-22)24-23-18/h2-5,13,16-17,19-20H,6-12,22H2,1H3/t17-,19+,20+/m0/s1. The quantitative estimate of drug-likeness (QED) is 0.863. The molecule has 0 unspecified atom stereocenters. The summed E-state index contributed by atoms with van der Waals surface area (Å²) in [7, 11) is 0. The second-order valence-electron chi connectivity index (χ2n) is 8.48. The van der Waals surface area contributed by atoms with Crippen molar-refractivity contribution in [3.63, 3.8) is 0 Å². The Hall–Kier alpha value is -2.25. The summed E-state index contributed by atoms with van der Waals surface area (Å²) in [5, 5.41) is 8.21. The number of amides is 1. The van der Waals surface area contributed by atoms with E-state index in [-0.39, 0.29) is 11.9 Å². The second kappa shape index (κ2) is 6.97. The largest absolute Gasteiger partial charge is 0.332 e. The number of piperidine rings is 3. The van der Waals surface area contributed by atoms with Crippen LogP contribution in [-0.4, -0.2) is 69.0 Å². The summed E-state index contributed by atoms with van der Waals surface area (Å²) in [5.74, 6) is 0.965. The van der Waals surface area contributed by atoms with Gasteiger partial charge in [0.1, 0.15) is 0 Å². The molecule has 3 atom stereocenters. The highest BCUT2D eigenvalue weighted by Gasteiger charge is 2.54. The Morgan fingerprint density at radius 2 is 1.93 bits per heavy atom. The molecule has 2 N–H and O–H groups in total. The number of nitrogens with two attached hydrogens (primary N) is 1. The van der Waals surface area contributed by atoms with Crippen LogP contribution in [0, 0.1) is 12.8 Å². The fraction of sp³-hybridized carbons (Fsp3) is 0.571. The topological polar surface area (TPSA) is 80.3 Å². The summed E-state index contributed by atoms with van der Waals surface area (Å²) in [6.07, 6.45) is 4.11. The van der Waals surface area contributed by atoms with E-state index in [4.69, 9.17) is 5.73 Å². The smallest absolute Gasteiger partial charge is 0.276 e. The van der Waals surface area contributed by atoms with E-state index in [2.05, 4.69) is 51.3 Å². The van der Waals surface area contributed by atoms with Crippen LogP contribution in [0.3, 0.4) is 0 Å². The Morgan fingerprint density at radius 1 is 1.18 bits per heavy atom. The van der Waals surface area contributed by atoms with E-state index in [1.165, 1.54) is 24.0 Å². The van der Waals surface area contributed by atoms with Crippen molar-refractivity contribution >= 4 is 5.91 Å². The second-order valence-corrected chi connectivity index (χ2v) is 8.48. The number of rotatable bonds is 4. The normalized spacial score (nSPS) is 31.2. The summed E-state index contributed by atoms with van der Waals surface area (Å²) in [4.78, 5) is 18.1. The van der Waals surface area contributed by atoms with Gasteiger partial charge in [-0.3, -0.25) is 14.4 Å². The summed E-state index contributed by atoms with van der Waals surface area (Å²) >= 11 is 0. The van der Waals surface area contributed by atoms with Gasteiger partial charge in [-0.25, -0.2) is 0 Å². The van der Waals surface area contributed by atoms with E-state index in [1.54, 1.807) is 10.9 Å². The average molecular weight is 380 g/mol. The van der Waals surface area contributed by atoms with Crippen LogP contribution in [0.5, 0.6) is 0 Å². The van der Waals surface area contributed by atoms with E-state index in [0.717, 1.165) is 19.6 Å². The first-order valence-electron chi connectivity index (χ1n) is 10.4. The first-order chi connectivity index (χ1) is 13.7. The van der Waals surface area contributed by atoms with Crippen molar-refractivity contribution in [1.82, 2.24) is 24.8 Å².